The van der Waals surface area contributed by atoms with Crippen LogP contribution in [0.5, 0.6) is 0 Å². The van der Waals surface area contributed by atoms with Crippen molar-refractivity contribution < 1.29 is 13.2 Å². The lowest BCUT2D eigenvalue weighted by Crippen LogP contribution is -2.44. The molecule has 1 saturated carbocycles. The molecule has 6 heteroatoms. The van der Waals surface area contributed by atoms with Crippen molar-refractivity contribution >= 4 is 15.9 Å². The molecule has 1 aliphatic heterocycles. The number of rotatable bonds is 5. The Kier molecular flexibility index (Phi) is 5.02. The summed E-state index contributed by atoms with van der Waals surface area (Å²) in [5.74, 6) is -0.129. The average molecular weight is 336 g/mol. The van der Waals surface area contributed by atoms with Crippen LogP contribution in [0.1, 0.15) is 50.1 Å². The summed E-state index contributed by atoms with van der Waals surface area (Å²) < 4.78 is 28.0. The molecule has 5 nitrogen and oxygen atoms in total. The van der Waals surface area contributed by atoms with Crippen LogP contribution in [-0.4, -0.2) is 37.6 Å². The number of hydrogen-bond acceptors (Lipinski definition) is 3. The van der Waals surface area contributed by atoms with Gasteiger partial charge < -0.3 is 4.90 Å². The second-order valence-electron chi connectivity index (χ2n) is 6.45. The Balaban J connectivity index is 1.84. The summed E-state index contributed by atoms with van der Waals surface area (Å²) in [6.45, 7) is 1.43. The number of carbonyl (C=O) groups is 1. The van der Waals surface area contributed by atoms with E-state index in [2.05, 4.69) is 4.72 Å². The fourth-order valence-electron chi connectivity index (χ4n) is 3.49. The van der Waals surface area contributed by atoms with Crippen LogP contribution in [0.2, 0.25) is 0 Å². The lowest BCUT2D eigenvalue weighted by Gasteiger charge is -2.25. The number of benzene rings is 1. The molecular weight excluding hydrogens is 312 g/mol. The van der Waals surface area contributed by atoms with E-state index in [0.29, 0.717) is 31.5 Å². The number of carbonyl (C=O) groups excluding carboxylic acids is 1. The predicted molar refractivity (Wildman–Crippen MR) is 89.3 cm³/mol. The van der Waals surface area contributed by atoms with Crippen molar-refractivity contribution in [3.8, 4) is 0 Å². The van der Waals surface area contributed by atoms with E-state index in [1.807, 2.05) is 30.3 Å². The predicted octanol–water partition coefficient (Wildman–Crippen LogP) is 2.21. The maximum Gasteiger partial charge on any atom is 0.245 e. The Morgan fingerprint density at radius 2 is 1.65 bits per heavy atom. The molecule has 1 aromatic rings. The first-order valence-corrected chi connectivity index (χ1v) is 9.97. The van der Waals surface area contributed by atoms with Crippen LogP contribution >= 0.6 is 0 Å². The van der Waals surface area contributed by atoms with Gasteiger partial charge in [0.25, 0.3) is 0 Å². The van der Waals surface area contributed by atoms with E-state index in [4.69, 9.17) is 0 Å². The molecule has 1 atom stereocenters. The largest absolute Gasteiger partial charge is 0.341 e. The third-order valence-corrected chi connectivity index (χ3v) is 6.73. The summed E-state index contributed by atoms with van der Waals surface area (Å²) in [4.78, 5) is 14.6. The molecule has 3 rings (SSSR count). The van der Waals surface area contributed by atoms with E-state index in [1.165, 1.54) is 0 Å². The normalized spacial score (nSPS) is 20.8. The summed E-state index contributed by atoms with van der Waals surface area (Å²) in [7, 11) is -3.48. The molecule has 0 unspecified atom stereocenters. The maximum atomic E-state index is 12.8. The zero-order valence-electron chi connectivity index (χ0n) is 13.3. The minimum atomic E-state index is -3.48. The summed E-state index contributed by atoms with van der Waals surface area (Å²) in [5, 5.41) is -0.361. The number of nitrogens with zero attached hydrogens (tertiary/aromatic N) is 1. The van der Waals surface area contributed by atoms with Crippen LogP contribution in [0.15, 0.2) is 30.3 Å². The van der Waals surface area contributed by atoms with E-state index in [9.17, 15) is 13.2 Å². The van der Waals surface area contributed by atoms with Gasteiger partial charge in [-0.25, -0.2) is 8.42 Å². The minimum Gasteiger partial charge on any atom is -0.341 e. The first-order valence-electron chi connectivity index (χ1n) is 8.43. The first kappa shape index (κ1) is 16.5. The molecule has 2 fully saturated rings. The second-order valence-corrected chi connectivity index (χ2v) is 8.44. The zero-order chi connectivity index (χ0) is 16.3. The van der Waals surface area contributed by atoms with Crippen LogP contribution in [0.3, 0.4) is 0 Å². The Morgan fingerprint density at radius 3 is 2.26 bits per heavy atom. The van der Waals surface area contributed by atoms with Crippen molar-refractivity contribution in [2.75, 3.05) is 13.1 Å². The molecule has 1 aromatic carbocycles. The van der Waals surface area contributed by atoms with Gasteiger partial charge in [-0.3, -0.25) is 4.79 Å². The Hall–Kier alpha value is -1.40. The number of nitrogens with one attached hydrogen (secondary N) is 1. The van der Waals surface area contributed by atoms with E-state index >= 15 is 0 Å². The van der Waals surface area contributed by atoms with Gasteiger partial charge in [0.15, 0.2) is 0 Å². The standard InChI is InChI=1S/C17H24N2O3S/c20-17(19-12-6-7-13-19)16(14-8-2-1-3-9-14)18-23(21,22)15-10-4-5-11-15/h1-3,8-9,15-16,18H,4-7,10-13H2/t16-/m0/s1. The molecule has 0 radical (unpaired) electrons. The van der Waals surface area contributed by atoms with Gasteiger partial charge in [0, 0.05) is 13.1 Å². The monoisotopic (exact) mass is 336 g/mol. The highest BCUT2D eigenvalue weighted by atomic mass is 32.2. The molecule has 1 N–H and O–H groups in total. The Morgan fingerprint density at radius 1 is 1.04 bits per heavy atom. The van der Waals surface area contributed by atoms with Crippen LogP contribution in [-0.2, 0) is 14.8 Å². The van der Waals surface area contributed by atoms with Crippen molar-refractivity contribution in [1.29, 1.82) is 0 Å². The van der Waals surface area contributed by atoms with Gasteiger partial charge in [-0.15, -0.1) is 0 Å². The number of sulfonamides is 1. The highest BCUT2D eigenvalue weighted by Gasteiger charge is 2.35. The summed E-state index contributed by atoms with van der Waals surface area (Å²) in [5.41, 5.74) is 0.714. The fraction of sp³-hybridized carbons (Fsp3) is 0.588. The van der Waals surface area contributed by atoms with Crippen molar-refractivity contribution in [3.05, 3.63) is 35.9 Å². The van der Waals surface area contributed by atoms with Crippen molar-refractivity contribution in [2.24, 2.45) is 0 Å². The van der Waals surface area contributed by atoms with E-state index in [1.54, 1.807) is 4.90 Å². The van der Waals surface area contributed by atoms with Crippen molar-refractivity contribution in [1.82, 2.24) is 9.62 Å². The van der Waals surface area contributed by atoms with Crippen LogP contribution in [0.25, 0.3) is 0 Å². The summed E-state index contributed by atoms with van der Waals surface area (Å²) in [6.07, 6.45) is 5.25. The lowest BCUT2D eigenvalue weighted by molar-refractivity contribution is -0.132. The van der Waals surface area contributed by atoms with Gasteiger partial charge >= 0.3 is 0 Å². The molecule has 126 valence electrons. The third kappa shape index (κ3) is 3.75. The van der Waals surface area contributed by atoms with Gasteiger partial charge in [-0.1, -0.05) is 43.2 Å². The number of likely N-dealkylation sites (tertiary alicyclic amines) is 1. The van der Waals surface area contributed by atoms with Gasteiger partial charge in [-0.2, -0.15) is 4.72 Å². The molecule has 0 aromatic heterocycles. The average Bonchev–Trinajstić information content (AvgIpc) is 3.25. The Bertz CT molecular complexity index is 633. The second kappa shape index (κ2) is 7.01. The molecule has 1 saturated heterocycles. The third-order valence-electron chi connectivity index (χ3n) is 4.82. The summed E-state index contributed by atoms with van der Waals surface area (Å²) in [6, 6.07) is 8.37. The molecule has 23 heavy (non-hydrogen) atoms. The van der Waals surface area contributed by atoms with Gasteiger partial charge in [0.05, 0.1) is 5.25 Å². The lowest BCUT2D eigenvalue weighted by atomic mass is 10.1. The molecule has 1 aliphatic carbocycles. The van der Waals surface area contributed by atoms with Crippen LogP contribution < -0.4 is 4.72 Å². The molecule has 0 bridgehead atoms. The number of hydrogen-bond donors (Lipinski definition) is 1. The van der Waals surface area contributed by atoms with Crippen molar-refractivity contribution in [2.45, 2.75) is 49.8 Å². The first-order chi connectivity index (χ1) is 11.1. The molecule has 1 heterocycles. The molecule has 1 amide bonds. The quantitative estimate of drug-likeness (QED) is 0.896. The summed E-state index contributed by atoms with van der Waals surface area (Å²) >= 11 is 0. The molecular formula is C17H24N2O3S. The maximum absolute atomic E-state index is 12.8. The van der Waals surface area contributed by atoms with Crippen molar-refractivity contribution in [3.63, 3.8) is 0 Å². The minimum absolute atomic E-state index is 0.129. The Labute approximate surface area is 138 Å². The van der Waals surface area contributed by atoms with Gasteiger partial charge in [0.1, 0.15) is 6.04 Å². The zero-order valence-corrected chi connectivity index (χ0v) is 14.1. The highest BCUT2D eigenvalue weighted by molar-refractivity contribution is 7.90. The smallest absolute Gasteiger partial charge is 0.245 e. The van der Waals surface area contributed by atoms with E-state index in [0.717, 1.165) is 25.7 Å². The highest BCUT2D eigenvalue weighted by Crippen LogP contribution is 2.27. The fourth-order valence-corrected chi connectivity index (χ4v) is 5.20. The van der Waals surface area contributed by atoms with E-state index < -0.39 is 16.1 Å². The van der Waals surface area contributed by atoms with Crippen LogP contribution in [0, 0.1) is 0 Å². The van der Waals surface area contributed by atoms with Gasteiger partial charge in [-0.05, 0) is 31.2 Å². The van der Waals surface area contributed by atoms with E-state index in [-0.39, 0.29) is 11.2 Å². The van der Waals surface area contributed by atoms with Crippen LogP contribution in [0.4, 0.5) is 0 Å². The topological polar surface area (TPSA) is 66.5 Å². The number of amides is 1. The SMILES string of the molecule is O=C([C@@H](NS(=O)(=O)C1CCCC1)c1ccccc1)N1CCCC1. The molecule has 0 spiro atoms. The molecule has 2 aliphatic rings. The van der Waals surface area contributed by atoms with Gasteiger partial charge in [0.2, 0.25) is 15.9 Å².